The SMILES string of the molecule is CC(C)OC(=O)C(C)(C)S(C)(=O)=O. The van der Waals surface area contributed by atoms with Gasteiger partial charge in [0, 0.05) is 6.26 Å². The van der Waals surface area contributed by atoms with Crippen LogP contribution in [0.4, 0.5) is 0 Å². The molecule has 0 aromatic carbocycles. The summed E-state index contributed by atoms with van der Waals surface area (Å²) in [6.45, 7) is 6.03. The molecule has 4 nitrogen and oxygen atoms in total. The van der Waals surface area contributed by atoms with E-state index in [0.717, 1.165) is 6.26 Å². The lowest BCUT2D eigenvalue weighted by atomic mass is 10.2. The van der Waals surface area contributed by atoms with Crippen molar-refractivity contribution in [2.45, 2.75) is 38.5 Å². The van der Waals surface area contributed by atoms with E-state index >= 15 is 0 Å². The zero-order chi connectivity index (χ0) is 10.9. The Hall–Kier alpha value is -0.580. The van der Waals surface area contributed by atoms with Gasteiger partial charge in [-0.3, -0.25) is 4.79 Å². The summed E-state index contributed by atoms with van der Waals surface area (Å²) < 4.78 is 25.7. The molecule has 0 saturated carbocycles. The minimum absolute atomic E-state index is 0.298. The van der Waals surface area contributed by atoms with Crippen LogP contribution in [0.5, 0.6) is 0 Å². The van der Waals surface area contributed by atoms with Crippen molar-refractivity contribution >= 4 is 15.8 Å². The monoisotopic (exact) mass is 208 g/mol. The largest absolute Gasteiger partial charge is 0.462 e. The summed E-state index contributed by atoms with van der Waals surface area (Å²) in [5.74, 6) is -0.704. The van der Waals surface area contributed by atoms with E-state index in [4.69, 9.17) is 4.74 Å². The fourth-order valence-corrected chi connectivity index (χ4v) is 0.858. The van der Waals surface area contributed by atoms with Crippen LogP contribution in [0.25, 0.3) is 0 Å². The van der Waals surface area contributed by atoms with Gasteiger partial charge in [0.2, 0.25) is 0 Å². The van der Waals surface area contributed by atoms with Crippen molar-refractivity contribution in [2.75, 3.05) is 6.26 Å². The molecule has 0 rings (SSSR count). The van der Waals surface area contributed by atoms with Crippen LogP contribution >= 0.6 is 0 Å². The molecule has 0 fully saturated rings. The van der Waals surface area contributed by atoms with Gasteiger partial charge in [-0.05, 0) is 27.7 Å². The molecule has 0 amide bonds. The van der Waals surface area contributed by atoms with Gasteiger partial charge in [-0.25, -0.2) is 8.42 Å². The first kappa shape index (κ1) is 12.4. The van der Waals surface area contributed by atoms with Crippen LogP contribution in [-0.4, -0.2) is 31.5 Å². The maximum atomic E-state index is 11.3. The molecule has 13 heavy (non-hydrogen) atoms. The maximum Gasteiger partial charge on any atom is 0.327 e. The Morgan fingerprint density at radius 3 is 1.92 bits per heavy atom. The van der Waals surface area contributed by atoms with E-state index in [9.17, 15) is 13.2 Å². The van der Waals surface area contributed by atoms with Crippen LogP contribution in [0, 0.1) is 0 Å². The number of hydrogen-bond acceptors (Lipinski definition) is 4. The number of carbonyl (C=O) groups is 1. The molecule has 0 N–H and O–H groups in total. The molecule has 0 spiro atoms. The molecular formula is C8H16O4S. The molecule has 0 aromatic heterocycles. The summed E-state index contributed by atoms with van der Waals surface area (Å²) in [7, 11) is -3.42. The molecule has 0 heterocycles. The summed E-state index contributed by atoms with van der Waals surface area (Å²) in [4.78, 5) is 11.3. The Labute approximate surface area is 79.2 Å². The van der Waals surface area contributed by atoms with Crippen molar-refractivity contribution in [1.82, 2.24) is 0 Å². The number of rotatable bonds is 3. The highest BCUT2D eigenvalue weighted by atomic mass is 32.2. The van der Waals surface area contributed by atoms with Crippen LogP contribution in [0.3, 0.4) is 0 Å². The van der Waals surface area contributed by atoms with E-state index in [0.29, 0.717) is 0 Å². The van der Waals surface area contributed by atoms with Crippen molar-refractivity contribution in [3.8, 4) is 0 Å². The van der Waals surface area contributed by atoms with Crippen molar-refractivity contribution in [2.24, 2.45) is 0 Å². The van der Waals surface area contributed by atoms with Crippen LogP contribution in [-0.2, 0) is 19.4 Å². The predicted molar refractivity (Wildman–Crippen MR) is 50.2 cm³/mol. The third kappa shape index (κ3) is 2.99. The first-order valence-electron chi connectivity index (χ1n) is 3.99. The van der Waals surface area contributed by atoms with E-state index in [1.165, 1.54) is 13.8 Å². The smallest absolute Gasteiger partial charge is 0.327 e. The maximum absolute atomic E-state index is 11.3. The fourth-order valence-electron chi connectivity index (χ4n) is 0.507. The summed E-state index contributed by atoms with van der Waals surface area (Å²) >= 11 is 0. The van der Waals surface area contributed by atoms with E-state index in [-0.39, 0.29) is 6.10 Å². The zero-order valence-corrected chi connectivity index (χ0v) is 9.44. The molecule has 0 aromatic rings. The van der Waals surface area contributed by atoms with Gasteiger partial charge in [0.25, 0.3) is 0 Å². The molecule has 0 radical (unpaired) electrons. The molecule has 0 bridgehead atoms. The summed E-state index contributed by atoms with van der Waals surface area (Å²) in [6.07, 6.45) is 0.725. The molecule has 78 valence electrons. The Kier molecular flexibility index (Phi) is 3.49. The second-order valence-corrected chi connectivity index (χ2v) is 6.30. The Morgan fingerprint density at radius 1 is 1.31 bits per heavy atom. The highest BCUT2D eigenvalue weighted by molar-refractivity contribution is 7.92. The van der Waals surface area contributed by atoms with Gasteiger partial charge in [0.15, 0.2) is 14.6 Å². The minimum Gasteiger partial charge on any atom is -0.462 e. The van der Waals surface area contributed by atoms with Crippen LogP contribution in [0.1, 0.15) is 27.7 Å². The van der Waals surface area contributed by atoms with Gasteiger partial charge in [-0.1, -0.05) is 0 Å². The van der Waals surface area contributed by atoms with Gasteiger partial charge in [-0.2, -0.15) is 0 Å². The number of hydrogen-bond donors (Lipinski definition) is 0. The predicted octanol–water partition coefficient (Wildman–Crippen LogP) is 0.761. The first-order valence-corrected chi connectivity index (χ1v) is 5.89. The normalized spacial score (nSPS) is 13.1. The van der Waals surface area contributed by atoms with Crippen molar-refractivity contribution < 1.29 is 17.9 Å². The average molecular weight is 208 g/mol. The quantitative estimate of drug-likeness (QED) is 0.642. The number of carbonyl (C=O) groups excluding carboxylic acids is 1. The van der Waals surface area contributed by atoms with Crippen molar-refractivity contribution in [3.05, 3.63) is 0 Å². The highest BCUT2D eigenvalue weighted by Gasteiger charge is 2.40. The van der Waals surface area contributed by atoms with Gasteiger partial charge in [0.1, 0.15) is 0 Å². The average Bonchev–Trinajstić information content (AvgIpc) is 1.82. The molecule has 0 aliphatic rings. The minimum atomic E-state index is -3.42. The molecule has 5 heteroatoms. The summed E-state index contributed by atoms with van der Waals surface area (Å²) in [6, 6.07) is 0. The lowest BCUT2D eigenvalue weighted by Gasteiger charge is -2.21. The van der Waals surface area contributed by atoms with Gasteiger partial charge in [-0.15, -0.1) is 0 Å². The molecule has 0 aliphatic heterocycles. The standard InChI is InChI=1S/C8H16O4S/c1-6(2)12-7(9)8(3,4)13(5,10)11/h6H,1-5H3. The molecule has 0 aliphatic carbocycles. The summed E-state index contributed by atoms with van der Waals surface area (Å²) in [5.41, 5.74) is 0. The number of esters is 1. The number of ether oxygens (including phenoxy) is 1. The highest BCUT2D eigenvalue weighted by Crippen LogP contribution is 2.17. The molecular weight excluding hydrogens is 192 g/mol. The fraction of sp³-hybridized carbons (Fsp3) is 0.875. The van der Waals surface area contributed by atoms with Gasteiger partial charge in [0.05, 0.1) is 6.10 Å². The van der Waals surface area contributed by atoms with E-state index in [1.807, 2.05) is 0 Å². The molecule has 0 saturated heterocycles. The third-order valence-corrected chi connectivity index (χ3v) is 3.78. The number of sulfone groups is 1. The van der Waals surface area contributed by atoms with E-state index in [1.54, 1.807) is 13.8 Å². The Balaban J connectivity index is 4.77. The Morgan fingerprint density at radius 2 is 1.69 bits per heavy atom. The van der Waals surface area contributed by atoms with E-state index in [2.05, 4.69) is 0 Å². The van der Waals surface area contributed by atoms with Gasteiger partial charge >= 0.3 is 5.97 Å². The van der Waals surface area contributed by atoms with Crippen molar-refractivity contribution in [3.63, 3.8) is 0 Å². The third-order valence-electron chi connectivity index (χ3n) is 1.76. The van der Waals surface area contributed by atoms with Crippen molar-refractivity contribution in [1.29, 1.82) is 0 Å². The first-order chi connectivity index (χ1) is 5.59. The van der Waals surface area contributed by atoms with E-state index < -0.39 is 20.6 Å². The zero-order valence-electron chi connectivity index (χ0n) is 8.62. The topological polar surface area (TPSA) is 60.4 Å². The van der Waals surface area contributed by atoms with Gasteiger partial charge < -0.3 is 4.74 Å². The van der Waals surface area contributed by atoms with Crippen LogP contribution < -0.4 is 0 Å². The second-order valence-electron chi connectivity index (χ2n) is 3.74. The van der Waals surface area contributed by atoms with Crippen LogP contribution in [0.15, 0.2) is 0 Å². The lowest BCUT2D eigenvalue weighted by molar-refractivity contribution is -0.149. The Bertz CT molecular complexity index is 287. The second kappa shape index (κ2) is 3.65. The lowest BCUT2D eigenvalue weighted by Crippen LogP contribution is -2.42. The van der Waals surface area contributed by atoms with Crippen LogP contribution in [0.2, 0.25) is 0 Å². The molecule has 0 unspecified atom stereocenters. The summed E-state index contributed by atoms with van der Waals surface area (Å²) in [5, 5.41) is 0. The molecule has 0 atom stereocenters.